The van der Waals surface area contributed by atoms with Crippen molar-refractivity contribution in [3.8, 4) is 11.3 Å². The average Bonchev–Trinajstić information content (AvgIpc) is 2.94. The Morgan fingerprint density at radius 2 is 2.00 bits per heavy atom. The van der Waals surface area contributed by atoms with Crippen molar-refractivity contribution in [3.05, 3.63) is 47.7 Å². The summed E-state index contributed by atoms with van der Waals surface area (Å²) < 4.78 is 1.71. The minimum absolute atomic E-state index is 0.153. The maximum atomic E-state index is 11.5. The smallest absolute Gasteiger partial charge is 0.317 e. The summed E-state index contributed by atoms with van der Waals surface area (Å²) in [6.45, 7) is 3.70. The highest BCUT2D eigenvalue weighted by atomic mass is 32.2. The zero-order valence-corrected chi connectivity index (χ0v) is 14.8. The molecule has 0 saturated carbocycles. The van der Waals surface area contributed by atoms with Crippen molar-refractivity contribution in [1.82, 2.24) is 14.6 Å². The lowest BCUT2D eigenvalue weighted by Gasteiger charge is -2.09. The molecule has 0 aliphatic carbocycles. The monoisotopic (exact) mass is 357 g/mol. The fourth-order valence-corrected chi connectivity index (χ4v) is 3.71. The molecule has 0 saturated heterocycles. The number of fused-ring (bicyclic) bond motifs is 1. The number of carbonyl (C=O) groups is 1. The zero-order valence-electron chi connectivity index (χ0n) is 14.0. The third-order valence-corrected chi connectivity index (χ3v) is 5.04. The molecule has 3 aromatic rings. The summed E-state index contributed by atoms with van der Waals surface area (Å²) in [5, 5.41) is 22.8. The summed E-state index contributed by atoms with van der Waals surface area (Å²) in [4.78, 5) is 16.1. The molecule has 7 heteroatoms. The van der Waals surface area contributed by atoms with E-state index in [1.165, 1.54) is 0 Å². The van der Waals surface area contributed by atoms with E-state index in [2.05, 4.69) is 10.1 Å². The van der Waals surface area contributed by atoms with Gasteiger partial charge in [0.1, 0.15) is 5.25 Å². The lowest BCUT2D eigenvalue weighted by Crippen LogP contribution is -2.18. The standard InChI is InChI=1S/C18H19N3O3S/c1-11-10-12(2)20-21-16(11)15(13-6-4-3-5-7-13)19-18(21)25-14(8-9-22)17(23)24/h3-7,10,14,22H,8-9H2,1-2H3,(H,23,24)/t14-/m1/s1. The molecule has 0 unspecified atom stereocenters. The Bertz CT molecular complexity index is 909. The number of rotatable bonds is 6. The fraction of sp³-hybridized carbons (Fsp3) is 0.278. The van der Waals surface area contributed by atoms with Crippen LogP contribution in [0.4, 0.5) is 0 Å². The normalized spacial score (nSPS) is 12.4. The number of aliphatic hydroxyl groups excluding tert-OH is 1. The number of thioether (sulfide) groups is 1. The molecule has 130 valence electrons. The topological polar surface area (TPSA) is 87.7 Å². The molecular formula is C18H19N3O3S. The largest absolute Gasteiger partial charge is 0.480 e. The molecule has 2 N–H and O–H groups in total. The number of aromatic nitrogens is 3. The number of aryl methyl sites for hydroxylation is 2. The first kappa shape index (κ1) is 17.4. The predicted molar refractivity (Wildman–Crippen MR) is 96.9 cm³/mol. The maximum absolute atomic E-state index is 11.5. The molecule has 0 bridgehead atoms. The molecular weight excluding hydrogens is 338 g/mol. The van der Waals surface area contributed by atoms with Gasteiger partial charge in [0.05, 0.1) is 16.9 Å². The lowest BCUT2D eigenvalue weighted by molar-refractivity contribution is -0.136. The summed E-state index contributed by atoms with van der Waals surface area (Å²) in [6, 6.07) is 11.7. The van der Waals surface area contributed by atoms with Gasteiger partial charge < -0.3 is 10.2 Å². The van der Waals surface area contributed by atoms with Crippen LogP contribution in [0.15, 0.2) is 41.6 Å². The van der Waals surface area contributed by atoms with Crippen molar-refractivity contribution >= 4 is 23.2 Å². The Kier molecular flexibility index (Phi) is 5.06. The van der Waals surface area contributed by atoms with Crippen LogP contribution in [0.2, 0.25) is 0 Å². The Labute approximate surface area is 149 Å². The van der Waals surface area contributed by atoms with E-state index in [0.29, 0.717) is 5.16 Å². The minimum Gasteiger partial charge on any atom is -0.480 e. The maximum Gasteiger partial charge on any atom is 0.317 e. The molecule has 0 amide bonds. The molecule has 0 aliphatic rings. The number of carboxylic acid groups (broad SMARTS) is 1. The van der Waals surface area contributed by atoms with Crippen molar-refractivity contribution in [2.75, 3.05) is 6.61 Å². The number of carboxylic acids is 1. The van der Waals surface area contributed by atoms with Crippen LogP contribution in [-0.2, 0) is 4.79 Å². The number of benzene rings is 1. The average molecular weight is 357 g/mol. The van der Waals surface area contributed by atoms with Gasteiger partial charge in [-0.05, 0) is 31.9 Å². The van der Waals surface area contributed by atoms with Crippen LogP contribution in [-0.4, -0.2) is 42.6 Å². The van der Waals surface area contributed by atoms with Gasteiger partial charge in [0.15, 0.2) is 5.16 Å². The van der Waals surface area contributed by atoms with Gasteiger partial charge in [0.25, 0.3) is 0 Å². The first-order chi connectivity index (χ1) is 12.0. The van der Waals surface area contributed by atoms with E-state index in [9.17, 15) is 9.90 Å². The molecule has 1 atom stereocenters. The summed E-state index contributed by atoms with van der Waals surface area (Å²) in [7, 11) is 0. The first-order valence-corrected chi connectivity index (χ1v) is 8.82. The van der Waals surface area contributed by atoms with Gasteiger partial charge >= 0.3 is 5.97 Å². The number of nitrogens with zero attached hydrogens (tertiary/aromatic N) is 3. The van der Waals surface area contributed by atoms with Gasteiger partial charge in [-0.25, -0.2) is 9.50 Å². The third kappa shape index (κ3) is 3.52. The van der Waals surface area contributed by atoms with Gasteiger partial charge in [0, 0.05) is 12.2 Å². The fourth-order valence-electron chi connectivity index (χ4n) is 2.76. The highest BCUT2D eigenvalue weighted by Gasteiger charge is 2.24. The van der Waals surface area contributed by atoms with Crippen molar-refractivity contribution in [2.24, 2.45) is 0 Å². The van der Waals surface area contributed by atoms with Gasteiger partial charge in [-0.3, -0.25) is 4.79 Å². The molecule has 0 fully saturated rings. The zero-order chi connectivity index (χ0) is 18.0. The van der Waals surface area contributed by atoms with Crippen LogP contribution >= 0.6 is 11.8 Å². The SMILES string of the molecule is Cc1cc(C)c2c(-c3ccccc3)nc(S[C@H](CCO)C(=O)O)n2n1. The van der Waals surface area contributed by atoms with E-state index in [4.69, 9.17) is 5.11 Å². The predicted octanol–water partition coefficient (Wildman–Crippen LogP) is 2.94. The summed E-state index contributed by atoms with van der Waals surface area (Å²) in [5.74, 6) is -0.971. The second-order valence-electron chi connectivity index (χ2n) is 5.80. The van der Waals surface area contributed by atoms with Gasteiger partial charge in [-0.2, -0.15) is 5.10 Å². The van der Waals surface area contributed by atoms with Gasteiger partial charge in [0.2, 0.25) is 0 Å². The summed E-state index contributed by atoms with van der Waals surface area (Å²) >= 11 is 1.11. The van der Waals surface area contributed by atoms with Crippen LogP contribution in [0.25, 0.3) is 16.8 Å². The van der Waals surface area contributed by atoms with Crippen LogP contribution in [0.5, 0.6) is 0 Å². The summed E-state index contributed by atoms with van der Waals surface area (Å²) in [6.07, 6.45) is 0.153. The first-order valence-electron chi connectivity index (χ1n) is 7.94. The van der Waals surface area contributed by atoms with Crippen LogP contribution in [0.3, 0.4) is 0 Å². The van der Waals surface area contributed by atoms with Crippen molar-refractivity contribution in [2.45, 2.75) is 30.7 Å². The Morgan fingerprint density at radius 3 is 2.64 bits per heavy atom. The van der Waals surface area contributed by atoms with E-state index in [1.807, 2.05) is 50.2 Å². The Balaban J connectivity index is 2.17. The van der Waals surface area contributed by atoms with Gasteiger partial charge in [-0.1, -0.05) is 42.1 Å². The van der Waals surface area contributed by atoms with Crippen LogP contribution in [0.1, 0.15) is 17.7 Å². The molecule has 0 radical (unpaired) electrons. The van der Waals surface area contributed by atoms with E-state index in [0.717, 1.165) is 39.8 Å². The number of aliphatic hydroxyl groups is 1. The molecule has 2 aromatic heterocycles. The number of hydrogen-bond donors (Lipinski definition) is 2. The van der Waals surface area contributed by atoms with E-state index < -0.39 is 11.2 Å². The van der Waals surface area contributed by atoms with E-state index in [1.54, 1.807) is 4.52 Å². The lowest BCUT2D eigenvalue weighted by atomic mass is 10.1. The van der Waals surface area contributed by atoms with Gasteiger partial charge in [-0.15, -0.1) is 0 Å². The van der Waals surface area contributed by atoms with E-state index in [-0.39, 0.29) is 13.0 Å². The Hall–Kier alpha value is -2.38. The van der Waals surface area contributed by atoms with Crippen molar-refractivity contribution in [1.29, 1.82) is 0 Å². The second kappa shape index (κ2) is 7.25. The van der Waals surface area contributed by atoms with Crippen molar-refractivity contribution in [3.63, 3.8) is 0 Å². The molecule has 3 rings (SSSR count). The Morgan fingerprint density at radius 1 is 1.28 bits per heavy atom. The van der Waals surface area contributed by atoms with Crippen LogP contribution < -0.4 is 0 Å². The number of hydrogen-bond acceptors (Lipinski definition) is 5. The highest BCUT2D eigenvalue weighted by molar-refractivity contribution is 8.00. The quantitative estimate of drug-likeness (QED) is 0.660. The molecule has 6 nitrogen and oxygen atoms in total. The van der Waals surface area contributed by atoms with E-state index >= 15 is 0 Å². The third-order valence-electron chi connectivity index (χ3n) is 3.84. The van der Waals surface area contributed by atoms with Crippen LogP contribution in [0, 0.1) is 13.8 Å². The molecule has 2 heterocycles. The second-order valence-corrected chi connectivity index (χ2v) is 6.97. The molecule has 0 spiro atoms. The summed E-state index contributed by atoms with van der Waals surface area (Å²) in [5.41, 5.74) is 4.46. The van der Waals surface area contributed by atoms with Crippen molar-refractivity contribution < 1.29 is 15.0 Å². The molecule has 0 aliphatic heterocycles. The molecule has 25 heavy (non-hydrogen) atoms. The highest BCUT2D eigenvalue weighted by Crippen LogP contribution is 2.33. The number of aliphatic carboxylic acids is 1. The number of imidazole rings is 1. The molecule has 1 aromatic carbocycles. The minimum atomic E-state index is -0.971.